The number of carbonyl (C=O) groups is 1. The number of likely N-dealkylation sites (tertiary alicyclic amines) is 1. The molecule has 0 spiro atoms. The second-order valence-corrected chi connectivity index (χ2v) is 7.83. The standard InChI is InChI=1S/C23H27FN2O3/c1-16(18-6-9-21-22(13-18)29-12-11-28-21)25-23(27)19-3-2-10-26(15-19)14-17-4-7-20(24)8-5-17/h4-9,13,16,19H,2-3,10-12,14-15H2,1H3,(H,25,27)/t16-,19+/m0/s1. The van der Waals surface area contributed by atoms with Crippen molar-refractivity contribution in [3.63, 3.8) is 0 Å². The van der Waals surface area contributed by atoms with Gasteiger partial charge in [0.25, 0.3) is 0 Å². The molecule has 1 N–H and O–H groups in total. The molecular weight excluding hydrogens is 371 g/mol. The van der Waals surface area contributed by atoms with E-state index in [-0.39, 0.29) is 23.7 Å². The highest BCUT2D eigenvalue weighted by molar-refractivity contribution is 5.79. The van der Waals surface area contributed by atoms with E-state index in [0.29, 0.717) is 13.2 Å². The van der Waals surface area contributed by atoms with Crippen molar-refractivity contribution in [1.29, 1.82) is 0 Å². The van der Waals surface area contributed by atoms with E-state index < -0.39 is 0 Å². The maximum absolute atomic E-state index is 13.1. The Balaban J connectivity index is 1.34. The second-order valence-electron chi connectivity index (χ2n) is 7.83. The molecule has 2 aromatic rings. The van der Waals surface area contributed by atoms with Crippen LogP contribution in [0.1, 0.15) is 36.9 Å². The van der Waals surface area contributed by atoms with Crippen LogP contribution >= 0.6 is 0 Å². The monoisotopic (exact) mass is 398 g/mol. The fourth-order valence-electron chi connectivity index (χ4n) is 4.01. The highest BCUT2D eigenvalue weighted by Crippen LogP contribution is 2.32. The Labute approximate surface area is 170 Å². The molecule has 2 aromatic carbocycles. The molecule has 0 unspecified atom stereocenters. The van der Waals surface area contributed by atoms with Crippen LogP contribution in [-0.4, -0.2) is 37.1 Å². The fraction of sp³-hybridized carbons (Fsp3) is 0.435. The van der Waals surface area contributed by atoms with Crippen molar-refractivity contribution in [3.8, 4) is 11.5 Å². The third-order valence-corrected chi connectivity index (χ3v) is 5.62. The van der Waals surface area contributed by atoms with Gasteiger partial charge in [-0.2, -0.15) is 0 Å². The maximum atomic E-state index is 13.1. The summed E-state index contributed by atoms with van der Waals surface area (Å²) in [5.74, 6) is 1.30. The van der Waals surface area contributed by atoms with Gasteiger partial charge in [-0.15, -0.1) is 0 Å². The predicted molar refractivity (Wildman–Crippen MR) is 108 cm³/mol. The van der Waals surface area contributed by atoms with Gasteiger partial charge in [0.15, 0.2) is 11.5 Å². The zero-order valence-corrected chi connectivity index (χ0v) is 16.7. The third kappa shape index (κ3) is 4.88. The number of hydrogen-bond acceptors (Lipinski definition) is 4. The number of piperidine rings is 1. The normalized spacial score (nSPS) is 20.1. The SMILES string of the molecule is C[C@H](NC(=O)[C@@H]1CCCN(Cc2ccc(F)cc2)C1)c1ccc2c(c1)OCCO2. The fourth-order valence-corrected chi connectivity index (χ4v) is 4.01. The molecule has 2 heterocycles. The first kappa shape index (κ1) is 19.7. The topological polar surface area (TPSA) is 50.8 Å². The van der Waals surface area contributed by atoms with Gasteiger partial charge in [0, 0.05) is 13.1 Å². The zero-order valence-electron chi connectivity index (χ0n) is 16.7. The molecule has 0 radical (unpaired) electrons. The van der Waals surface area contributed by atoms with Gasteiger partial charge in [-0.05, 0) is 61.7 Å². The van der Waals surface area contributed by atoms with Gasteiger partial charge in [-0.25, -0.2) is 4.39 Å². The Morgan fingerprint density at radius 3 is 2.72 bits per heavy atom. The summed E-state index contributed by atoms with van der Waals surface area (Å²) in [4.78, 5) is 15.1. The van der Waals surface area contributed by atoms with Crippen molar-refractivity contribution < 1.29 is 18.7 Å². The average Bonchev–Trinajstić information content (AvgIpc) is 2.75. The quantitative estimate of drug-likeness (QED) is 0.835. The molecule has 1 amide bonds. The number of hydrogen-bond donors (Lipinski definition) is 1. The number of fused-ring (bicyclic) bond motifs is 1. The number of ether oxygens (including phenoxy) is 2. The van der Waals surface area contributed by atoms with Crippen molar-refractivity contribution in [2.75, 3.05) is 26.3 Å². The summed E-state index contributed by atoms with van der Waals surface area (Å²) in [5.41, 5.74) is 2.07. The first-order valence-corrected chi connectivity index (χ1v) is 10.3. The van der Waals surface area contributed by atoms with Gasteiger partial charge >= 0.3 is 0 Å². The van der Waals surface area contributed by atoms with Crippen LogP contribution in [0.4, 0.5) is 4.39 Å². The van der Waals surface area contributed by atoms with Crippen LogP contribution in [-0.2, 0) is 11.3 Å². The first-order chi connectivity index (χ1) is 14.1. The molecule has 0 aliphatic carbocycles. The van der Waals surface area contributed by atoms with Crippen LogP contribution in [0.5, 0.6) is 11.5 Å². The summed E-state index contributed by atoms with van der Waals surface area (Å²) in [5, 5.41) is 3.15. The predicted octanol–water partition coefficient (Wildman–Crippen LogP) is 3.69. The summed E-state index contributed by atoms with van der Waals surface area (Å²) in [7, 11) is 0. The van der Waals surface area contributed by atoms with E-state index in [4.69, 9.17) is 9.47 Å². The summed E-state index contributed by atoms with van der Waals surface area (Å²) >= 11 is 0. The van der Waals surface area contributed by atoms with E-state index in [1.807, 2.05) is 37.3 Å². The lowest BCUT2D eigenvalue weighted by Gasteiger charge is -2.32. The minimum absolute atomic E-state index is 0.0381. The number of amides is 1. The highest BCUT2D eigenvalue weighted by Gasteiger charge is 2.27. The van der Waals surface area contributed by atoms with Gasteiger partial charge in [0.1, 0.15) is 19.0 Å². The van der Waals surface area contributed by atoms with Crippen molar-refractivity contribution in [2.45, 2.75) is 32.4 Å². The molecule has 5 nitrogen and oxygen atoms in total. The molecule has 0 bridgehead atoms. The Morgan fingerprint density at radius 2 is 1.93 bits per heavy atom. The van der Waals surface area contributed by atoms with Crippen LogP contribution in [0.25, 0.3) is 0 Å². The van der Waals surface area contributed by atoms with Gasteiger partial charge in [-0.3, -0.25) is 9.69 Å². The molecule has 2 aliphatic rings. The lowest BCUT2D eigenvalue weighted by atomic mass is 9.96. The van der Waals surface area contributed by atoms with Crippen molar-refractivity contribution >= 4 is 5.91 Å². The van der Waals surface area contributed by atoms with Crippen molar-refractivity contribution in [1.82, 2.24) is 10.2 Å². The summed E-state index contributed by atoms with van der Waals surface area (Å²) < 4.78 is 24.3. The molecule has 2 aliphatic heterocycles. The second kappa shape index (κ2) is 8.82. The zero-order chi connectivity index (χ0) is 20.2. The number of benzene rings is 2. The first-order valence-electron chi connectivity index (χ1n) is 10.3. The lowest BCUT2D eigenvalue weighted by molar-refractivity contribution is -0.127. The van der Waals surface area contributed by atoms with Crippen molar-refractivity contribution in [2.24, 2.45) is 5.92 Å². The van der Waals surface area contributed by atoms with Crippen LogP contribution < -0.4 is 14.8 Å². The van der Waals surface area contributed by atoms with Crippen LogP contribution in [0.2, 0.25) is 0 Å². The summed E-state index contributed by atoms with van der Waals surface area (Å²) in [6.07, 6.45) is 1.87. The van der Waals surface area contributed by atoms with Gasteiger partial charge in [0.2, 0.25) is 5.91 Å². The molecule has 4 rings (SSSR count). The maximum Gasteiger partial charge on any atom is 0.224 e. The molecule has 6 heteroatoms. The van der Waals surface area contributed by atoms with Crippen LogP contribution in [0.3, 0.4) is 0 Å². The van der Waals surface area contributed by atoms with Gasteiger partial charge < -0.3 is 14.8 Å². The van der Waals surface area contributed by atoms with Gasteiger partial charge in [0.05, 0.1) is 12.0 Å². The number of rotatable bonds is 5. The Hall–Kier alpha value is -2.60. The number of carbonyl (C=O) groups excluding carboxylic acids is 1. The molecule has 0 saturated carbocycles. The van der Waals surface area contributed by atoms with Crippen LogP contribution in [0, 0.1) is 11.7 Å². The largest absolute Gasteiger partial charge is 0.486 e. The Morgan fingerprint density at radius 1 is 1.17 bits per heavy atom. The van der Waals surface area contributed by atoms with Crippen LogP contribution in [0.15, 0.2) is 42.5 Å². The number of nitrogens with one attached hydrogen (secondary N) is 1. The third-order valence-electron chi connectivity index (χ3n) is 5.62. The number of halogens is 1. The molecule has 0 aromatic heterocycles. The smallest absolute Gasteiger partial charge is 0.224 e. The van der Waals surface area contributed by atoms with E-state index >= 15 is 0 Å². The molecule has 2 atom stereocenters. The van der Waals surface area contributed by atoms with E-state index in [0.717, 1.165) is 55.1 Å². The molecule has 29 heavy (non-hydrogen) atoms. The van der Waals surface area contributed by atoms with E-state index in [9.17, 15) is 9.18 Å². The minimum Gasteiger partial charge on any atom is -0.486 e. The van der Waals surface area contributed by atoms with E-state index in [1.165, 1.54) is 12.1 Å². The molecular formula is C23H27FN2O3. The molecule has 1 saturated heterocycles. The average molecular weight is 398 g/mol. The number of nitrogens with zero attached hydrogens (tertiary/aromatic N) is 1. The molecule has 154 valence electrons. The summed E-state index contributed by atoms with van der Waals surface area (Å²) in [6, 6.07) is 12.3. The molecule has 1 fully saturated rings. The summed E-state index contributed by atoms with van der Waals surface area (Å²) in [6.45, 7) is 5.51. The lowest BCUT2D eigenvalue weighted by Crippen LogP contribution is -2.43. The van der Waals surface area contributed by atoms with E-state index in [2.05, 4.69) is 10.2 Å². The van der Waals surface area contributed by atoms with Gasteiger partial charge in [-0.1, -0.05) is 18.2 Å². The Bertz CT molecular complexity index is 856. The highest BCUT2D eigenvalue weighted by atomic mass is 19.1. The van der Waals surface area contributed by atoms with Crippen molar-refractivity contribution in [3.05, 3.63) is 59.4 Å². The van der Waals surface area contributed by atoms with E-state index in [1.54, 1.807) is 0 Å². The minimum atomic E-state index is -0.224. The Kier molecular flexibility index (Phi) is 6.00.